The van der Waals surface area contributed by atoms with E-state index in [4.69, 9.17) is 27.9 Å². The summed E-state index contributed by atoms with van der Waals surface area (Å²) in [4.78, 5) is 6.26. The van der Waals surface area contributed by atoms with Crippen LogP contribution < -0.4 is 4.90 Å². The number of anilines is 1. The number of halogens is 2. The maximum atomic E-state index is 6.19. The SMILES string of the molecule is CN(C)c1c(Cl)c(Cl)nc2c1C1C=CC2O1. The van der Waals surface area contributed by atoms with Crippen LogP contribution in [-0.4, -0.2) is 19.1 Å². The van der Waals surface area contributed by atoms with Crippen LogP contribution in [-0.2, 0) is 4.74 Å². The summed E-state index contributed by atoms with van der Waals surface area (Å²) in [6.45, 7) is 0. The highest BCUT2D eigenvalue weighted by Crippen LogP contribution is 2.51. The summed E-state index contributed by atoms with van der Waals surface area (Å²) in [5, 5.41) is 0.837. The first-order valence-corrected chi connectivity index (χ1v) is 5.75. The Kier molecular flexibility index (Phi) is 2.18. The van der Waals surface area contributed by atoms with Crippen LogP contribution in [0.5, 0.6) is 0 Å². The zero-order valence-electron chi connectivity index (χ0n) is 8.87. The molecule has 3 nitrogen and oxygen atoms in total. The maximum absolute atomic E-state index is 6.19. The van der Waals surface area contributed by atoms with Crippen molar-refractivity contribution in [1.29, 1.82) is 0 Å². The van der Waals surface area contributed by atoms with Crippen molar-refractivity contribution in [3.63, 3.8) is 0 Å². The maximum Gasteiger partial charge on any atom is 0.150 e. The van der Waals surface area contributed by atoms with E-state index in [9.17, 15) is 0 Å². The van der Waals surface area contributed by atoms with Gasteiger partial charge in [-0.3, -0.25) is 0 Å². The number of hydrogen-bond donors (Lipinski definition) is 0. The second-order valence-electron chi connectivity index (χ2n) is 4.12. The van der Waals surface area contributed by atoms with E-state index in [2.05, 4.69) is 4.98 Å². The van der Waals surface area contributed by atoms with Gasteiger partial charge in [0.25, 0.3) is 0 Å². The molecule has 0 aliphatic carbocycles. The average molecular weight is 257 g/mol. The lowest BCUT2D eigenvalue weighted by molar-refractivity contribution is 0.0866. The minimum absolute atomic E-state index is 0.0281. The van der Waals surface area contributed by atoms with E-state index in [0.29, 0.717) is 10.2 Å². The summed E-state index contributed by atoms with van der Waals surface area (Å²) >= 11 is 12.2. The molecule has 2 unspecified atom stereocenters. The third-order valence-electron chi connectivity index (χ3n) is 2.89. The Morgan fingerprint density at radius 2 is 1.94 bits per heavy atom. The van der Waals surface area contributed by atoms with Crippen LogP contribution in [0.4, 0.5) is 5.69 Å². The molecule has 0 aromatic carbocycles. The van der Waals surface area contributed by atoms with E-state index in [-0.39, 0.29) is 12.2 Å². The lowest BCUT2D eigenvalue weighted by Crippen LogP contribution is -2.14. The van der Waals surface area contributed by atoms with Crippen molar-refractivity contribution in [3.05, 3.63) is 33.6 Å². The molecule has 5 heteroatoms. The largest absolute Gasteiger partial charge is 0.376 e. The Morgan fingerprint density at radius 1 is 1.25 bits per heavy atom. The summed E-state index contributed by atoms with van der Waals surface area (Å²) < 4.78 is 5.73. The summed E-state index contributed by atoms with van der Waals surface area (Å²) in [5.74, 6) is 0. The van der Waals surface area contributed by atoms with Crippen LogP contribution in [0.1, 0.15) is 23.5 Å². The molecule has 2 atom stereocenters. The third kappa shape index (κ3) is 1.22. The molecule has 0 amide bonds. The van der Waals surface area contributed by atoms with Crippen molar-refractivity contribution in [1.82, 2.24) is 4.98 Å². The van der Waals surface area contributed by atoms with Gasteiger partial charge in [-0.15, -0.1) is 0 Å². The van der Waals surface area contributed by atoms with Gasteiger partial charge >= 0.3 is 0 Å². The first-order valence-electron chi connectivity index (χ1n) is 4.99. The quantitative estimate of drug-likeness (QED) is 0.570. The van der Waals surface area contributed by atoms with Crippen LogP contribution in [0.15, 0.2) is 12.2 Å². The van der Waals surface area contributed by atoms with E-state index >= 15 is 0 Å². The van der Waals surface area contributed by atoms with Gasteiger partial charge in [0.2, 0.25) is 0 Å². The lowest BCUT2D eigenvalue weighted by Gasteiger charge is -2.21. The van der Waals surface area contributed by atoms with Gasteiger partial charge in [0, 0.05) is 19.7 Å². The number of rotatable bonds is 1. The van der Waals surface area contributed by atoms with Gasteiger partial charge in [-0.05, 0) is 0 Å². The molecule has 0 saturated carbocycles. The number of nitrogens with zero attached hydrogens (tertiary/aromatic N) is 2. The standard InChI is InChI=1S/C11H10Cl2N2O/c1-15(2)10-7-5-3-4-6(16-5)9(7)14-11(13)8(10)12/h3-6H,1-2H3. The predicted octanol–water partition coefficient (Wildman–Crippen LogP) is 3.14. The van der Waals surface area contributed by atoms with E-state index in [1.807, 2.05) is 31.1 Å². The van der Waals surface area contributed by atoms with Crippen LogP contribution in [0.25, 0.3) is 0 Å². The topological polar surface area (TPSA) is 25.4 Å². The molecule has 0 fully saturated rings. The highest BCUT2D eigenvalue weighted by Gasteiger charge is 2.39. The summed E-state index contributed by atoms with van der Waals surface area (Å²) in [6.07, 6.45) is 3.95. The molecule has 0 radical (unpaired) electrons. The van der Waals surface area contributed by atoms with Gasteiger partial charge in [0.1, 0.15) is 22.4 Å². The number of hydrogen-bond acceptors (Lipinski definition) is 3. The van der Waals surface area contributed by atoms with Gasteiger partial charge < -0.3 is 9.64 Å². The van der Waals surface area contributed by atoms with Gasteiger partial charge in [-0.1, -0.05) is 35.4 Å². The summed E-state index contributed by atoms with van der Waals surface area (Å²) in [7, 11) is 3.88. The molecule has 2 bridgehead atoms. The van der Waals surface area contributed by atoms with Gasteiger partial charge in [-0.25, -0.2) is 4.98 Å². The molecule has 84 valence electrons. The zero-order valence-corrected chi connectivity index (χ0v) is 10.4. The summed E-state index contributed by atoms with van der Waals surface area (Å²) in [5.41, 5.74) is 2.85. The van der Waals surface area contributed by atoms with Crippen molar-refractivity contribution >= 4 is 28.9 Å². The van der Waals surface area contributed by atoms with E-state index in [0.717, 1.165) is 16.9 Å². The zero-order chi connectivity index (χ0) is 11.4. The van der Waals surface area contributed by atoms with Crippen molar-refractivity contribution in [2.24, 2.45) is 0 Å². The fourth-order valence-corrected chi connectivity index (χ4v) is 2.75. The van der Waals surface area contributed by atoms with Gasteiger partial charge in [0.05, 0.1) is 11.4 Å². The summed E-state index contributed by atoms with van der Waals surface area (Å²) in [6, 6.07) is 0. The van der Waals surface area contributed by atoms with Crippen LogP contribution in [0.3, 0.4) is 0 Å². The molecule has 3 rings (SSSR count). The fourth-order valence-electron chi connectivity index (χ4n) is 2.26. The number of ether oxygens (including phenoxy) is 1. The Labute approximate surface area is 104 Å². The molecule has 16 heavy (non-hydrogen) atoms. The Morgan fingerprint density at radius 3 is 2.62 bits per heavy atom. The second-order valence-corrected chi connectivity index (χ2v) is 4.86. The predicted molar refractivity (Wildman–Crippen MR) is 64.3 cm³/mol. The second kappa shape index (κ2) is 3.36. The molecule has 0 N–H and O–H groups in total. The van der Waals surface area contributed by atoms with E-state index < -0.39 is 0 Å². The molecule has 0 saturated heterocycles. The minimum Gasteiger partial charge on any atom is -0.376 e. The Hall–Kier alpha value is -0.770. The lowest BCUT2D eigenvalue weighted by atomic mass is 10.00. The smallest absolute Gasteiger partial charge is 0.150 e. The van der Waals surface area contributed by atoms with E-state index in [1.165, 1.54) is 0 Å². The molecule has 1 aromatic heterocycles. The van der Waals surface area contributed by atoms with Gasteiger partial charge in [0.15, 0.2) is 0 Å². The monoisotopic (exact) mass is 256 g/mol. The van der Waals surface area contributed by atoms with Crippen molar-refractivity contribution in [3.8, 4) is 0 Å². The number of fused-ring (bicyclic) bond motifs is 5. The molecule has 2 aliphatic rings. The Balaban J connectivity index is 2.30. The number of aromatic nitrogens is 1. The average Bonchev–Trinajstić information content (AvgIpc) is 2.79. The van der Waals surface area contributed by atoms with Crippen LogP contribution >= 0.6 is 23.2 Å². The normalized spacial score (nSPS) is 25.0. The fraction of sp³-hybridized carbons (Fsp3) is 0.364. The molecular weight excluding hydrogens is 247 g/mol. The van der Waals surface area contributed by atoms with E-state index in [1.54, 1.807) is 0 Å². The van der Waals surface area contributed by atoms with Gasteiger partial charge in [-0.2, -0.15) is 0 Å². The third-order valence-corrected chi connectivity index (χ3v) is 3.62. The minimum atomic E-state index is -0.0616. The highest BCUT2D eigenvalue weighted by molar-refractivity contribution is 6.43. The molecular formula is C11H10Cl2N2O. The van der Waals surface area contributed by atoms with Crippen molar-refractivity contribution < 1.29 is 4.74 Å². The van der Waals surface area contributed by atoms with Crippen molar-refractivity contribution in [2.75, 3.05) is 19.0 Å². The first-order chi connectivity index (χ1) is 7.59. The molecule has 2 aliphatic heterocycles. The highest BCUT2D eigenvalue weighted by atomic mass is 35.5. The van der Waals surface area contributed by atoms with Crippen LogP contribution in [0.2, 0.25) is 10.2 Å². The molecule has 3 heterocycles. The number of pyridine rings is 1. The van der Waals surface area contributed by atoms with Crippen molar-refractivity contribution in [2.45, 2.75) is 12.2 Å². The van der Waals surface area contributed by atoms with Crippen LogP contribution in [0, 0.1) is 0 Å². The first kappa shape index (κ1) is 10.4. The Bertz CT molecular complexity index is 499. The molecule has 0 spiro atoms. The molecule has 1 aromatic rings.